The van der Waals surface area contributed by atoms with E-state index in [0.29, 0.717) is 5.56 Å². The number of hydrogen-bond donors (Lipinski definition) is 2. The van der Waals surface area contributed by atoms with Crippen LogP contribution in [-0.4, -0.2) is 32.0 Å². The van der Waals surface area contributed by atoms with Gasteiger partial charge in [-0.25, -0.2) is 15.1 Å². The summed E-state index contributed by atoms with van der Waals surface area (Å²) in [5, 5.41) is 17.1. The Bertz CT molecular complexity index is 597. The topological polar surface area (TPSA) is 92.4 Å². The van der Waals surface area contributed by atoms with Gasteiger partial charge < -0.3 is 5.11 Å². The van der Waals surface area contributed by atoms with Gasteiger partial charge in [-0.3, -0.25) is 4.79 Å². The molecule has 8 heteroatoms. The van der Waals surface area contributed by atoms with E-state index in [1.165, 1.54) is 29.6 Å². The maximum absolute atomic E-state index is 11.5. The molecular formula is C11H10BrN5O2. The molecule has 0 saturated heterocycles. The Morgan fingerprint density at radius 3 is 3.16 bits per heavy atom. The first-order valence-corrected chi connectivity index (χ1v) is 6.07. The number of halogens is 1. The van der Waals surface area contributed by atoms with Crippen LogP contribution in [0.2, 0.25) is 0 Å². The van der Waals surface area contributed by atoms with Crippen molar-refractivity contribution in [2.24, 2.45) is 5.10 Å². The second-order valence-corrected chi connectivity index (χ2v) is 4.51. The lowest BCUT2D eigenvalue weighted by molar-refractivity contribution is -0.121. The number of benzene rings is 1. The minimum Gasteiger partial charge on any atom is -0.507 e. The predicted octanol–water partition coefficient (Wildman–Crippen LogP) is 0.897. The van der Waals surface area contributed by atoms with Crippen molar-refractivity contribution in [3.05, 3.63) is 40.9 Å². The SMILES string of the molecule is O=C(Cn1cncn1)N/N=C/c1cc(Br)ccc1O. The van der Waals surface area contributed by atoms with Gasteiger partial charge in [0, 0.05) is 10.0 Å². The zero-order valence-corrected chi connectivity index (χ0v) is 11.3. The van der Waals surface area contributed by atoms with Crippen molar-refractivity contribution < 1.29 is 9.90 Å². The summed E-state index contributed by atoms with van der Waals surface area (Å²) in [7, 11) is 0. The fraction of sp³-hybridized carbons (Fsp3) is 0.0909. The molecule has 0 unspecified atom stereocenters. The van der Waals surface area contributed by atoms with E-state index in [-0.39, 0.29) is 18.2 Å². The van der Waals surface area contributed by atoms with Crippen LogP contribution in [0.1, 0.15) is 5.56 Å². The van der Waals surface area contributed by atoms with Gasteiger partial charge in [0.2, 0.25) is 0 Å². The normalized spacial score (nSPS) is 10.8. The largest absolute Gasteiger partial charge is 0.507 e. The Balaban J connectivity index is 1.92. The van der Waals surface area contributed by atoms with E-state index in [2.05, 4.69) is 36.5 Å². The number of amides is 1. The Kier molecular flexibility index (Phi) is 4.24. The van der Waals surface area contributed by atoms with Gasteiger partial charge in [0.1, 0.15) is 24.9 Å². The molecule has 0 spiro atoms. The van der Waals surface area contributed by atoms with Crippen molar-refractivity contribution in [2.75, 3.05) is 0 Å². The number of aromatic nitrogens is 3. The Morgan fingerprint density at radius 2 is 2.42 bits per heavy atom. The molecular weight excluding hydrogens is 314 g/mol. The van der Waals surface area contributed by atoms with E-state index in [9.17, 15) is 9.90 Å². The van der Waals surface area contributed by atoms with E-state index < -0.39 is 0 Å². The highest BCUT2D eigenvalue weighted by Gasteiger charge is 2.02. The molecule has 0 aliphatic rings. The molecule has 0 radical (unpaired) electrons. The molecule has 1 amide bonds. The molecule has 0 aliphatic carbocycles. The first-order chi connectivity index (χ1) is 9.15. The van der Waals surface area contributed by atoms with Crippen LogP contribution in [0.4, 0.5) is 0 Å². The molecule has 1 aromatic heterocycles. The van der Waals surface area contributed by atoms with Crippen molar-refractivity contribution in [2.45, 2.75) is 6.54 Å². The summed E-state index contributed by atoms with van der Waals surface area (Å²) in [6.45, 7) is 0.0296. The van der Waals surface area contributed by atoms with Crippen molar-refractivity contribution in [1.29, 1.82) is 0 Å². The fourth-order valence-corrected chi connectivity index (χ4v) is 1.68. The highest BCUT2D eigenvalue weighted by Crippen LogP contribution is 2.19. The molecule has 19 heavy (non-hydrogen) atoms. The summed E-state index contributed by atoms with van der Waals surface area (Å²) in [4.78, 5) is 15.2. The molecule has 1 heterocycles. The number of hydrogen-bond acceptors (Lipinski definition) is 5. The lowest BCUT2D eigenvalue weighted by Crippen LogP contribution is -2.23. The Hall–Kier alpha value is -2.22. The van der Waals surface area contributed by atoms with Crippen LogP contribution in [0.5, 0.6) is 5.75 Å². The van der Waals surface area contributed by atoms with Gasteiger partial charge in [0.25, 0.3) is 5.91 Å². The molecule has 98 valence electrons. The smallest absolute Gasteiger partial charge is 0.261 e. The highest BCUT2D eigenvalue weighted by molar-refractivity contribution is 9.10. The third-order valence-corrected chi connectivity index (χ3v) is 2.65. The van der Waals surface area contributed by atoms with Gasteiger partial charge in [0.15, 0.2) is 0 Å². The van der Waals surface area contributed by atoms with Gasteiger partial charge >= 0.3 is 0 Å². The average Bonchev–Trinajstić information content (AvgIpc) is 2.86. The van der Waals surface area contributed by atoms with Crippen LogP contribution >= 0.6 is 15.9 Å². The quantitative estimate of drug-likeness (QED) is 0.645. The monoisotopic (exact) mass is 323 g/mol. The minimum atomic E-state index is -0.337. The molecule has 0 aliphatic heterocycles. The zero-order chi connectivity index (χ0) is 13.7. The van der Waals surface area contributed by atoms with Gasteiger partial charge in [-0.05, 0) is 18.2 Å². The Morgan fingerprint density at radius 1 is 1.58 bits per heavy atom. The van der Waals surface area contributed by atoms with E-state index in [0.717, 1.165) is 4.47 Å². The van der Waals surface area contributed by atoms with Gasteiger partial charge in [-0.15, -0.1) is 0 Å². The first-order valence-electron chi connectivity index (χ1n) is 5.28. The zero-order valence-electron chi connectivity index (χ0n) is 9.69. The summed E-state index contributed by atoms with van der Waals surface area (Å²) in [6, 6.07) is 4.92. The van der Waals surface area contributed by atoms with Crippen LogP contribution in [0.15, 0.2) is 40.4 Å². The van der Waals surface area contributed by atoms with Crippen LogP contribution in [0.25, 0.3) is 0 Å². The second kappa shape index (κ2) is 6.10. The number of aromatic hydroxyl groups is 1. The maximum Gasteiger partial charge on any atom is 0.261 e. The summed E-state index contributed by atoms with van der Waals surface area (Å²) in [5.74, 6) is -0.256. The summed E-state index contributed by atoms with van der Waals surface area (Å²) in [5.41, 5.74) is 2.83. The van der Waals surface area contributed by atoms with Gasteiger partial charge in [0.05, 0.1) is 6.21 Å². The average molecular weight is 324 g/mol. The minimum absolute atomic E-state index is 0.0296. The predicted molar refractivity (Wildman–Crippen MR) is 71.6 cm³/mol. The summed E-state index contributed by atoms with van der Waals surface area (Å²) >= 11 is 3.28. The number of rotatable bonds is 4. The number of hydrazone groups is 1. The third-order valence-electron chi connectivity index (χ3n) is 2.15. The first kappa shape index (κ1) is 13.2. The van der Waals surface area contributed by atoms with Gasteiger partial charge in [-0.1, -0.05) is 15.9 Å². The van der Waals surface area contributed by atoms with Crippen molar-refractivity contribution in [3.8, 4) is 5.75 Å². The van der Waals surface area contributed by atoms with Gasteiger partial charge in [-0.2, -0.15) is 10.2 Å². The number of carbonyl (C=O) groups is 1. The lowest BCUT2D eigenvalue weighted by atomic mass is 10.2. The van der Waals surface area contributed by atoms with E-state index >= 15 is 0 Å². The third kappa shape index (κ3) is 3.88. The standard InChI is InChI=1S/C11H10BrN5O2/c12-9-1-2-10(18)8(3-9)4-14-16-11(19)5-17-7-13-6-15-17/h1-4,6-7,18H,5H2,(H,16,19)/b14-4+. The molecule has 1 aromatic carbocycles. The molecule has 0 saturated carbocycles. The van der Waals surface area contributed by atoms with Crippen LogP contribution in [0.3, 0.4) is 0 Å². The summed E-state index contributed by atoms with van der Waals surface area (Å²) < 4.78 is 2.18. The number of phenols is 1. The molecule has 0 bridgehead atoms. The number of nitrogens with zero attached hydrogens (tertiary/aromatic N) is 4. The lowest BCUT2D eigenvalue weighted by Gasteiger charge is -2.01. The molecule has 0 fully saturated rings. The number of phenolic OH excluding ortho intramolecular Hbond substituents is 1. The van der Waals surface area contributed by atoms with Crippen LogP contribution < -0.4 is 5.43 Å². The highest BCUT2D eigenvalue weighted by atomic mass is 79.9. The van der Waals surface area contributed by atoms with Crippen LogP contribution in [-0.2, 0) is 11.3 Å². The maximum atomic E-state index is 11.5. The number of carbonyl (C=O) groups excluding carboxylic acids is 1. The van der Waals surface area contributed by atoms with Crippen molar-refractivity contribution in [1.82, 2.24) is 20.2 Å². The number of nitrogens with one attached hydrogen (secondary N) is 1. The summed E-state index contributed by atoms with van der Waals surface area (Å²) in [6.07, 6.45) is 4.14. The molecule has 0 atom stereocenters. The molecule has 2 N–H and O–H groups in total. The molecule has 2 rings (SSSR count). The molecule has 7 nitrogen and oxygen atoms in total. The van der Waals surface area contributed by atoms with Crippen molar-refractivity contribution >= 4 is 28.1 Å². The fourth-order valence-electron chi connectivity index (χ4n) is 1.30. The van der Waals surface area contributed by atoms with Crippen LogP contribution in [0, 0.1) is 0 Å². The van der Waals surface area contributed by atoms with E-state index in [4.69, 9.17) is 0 Å². The van der Waals surface area contributed by atoms with Crippen molar-refractivity contribution in [3.63, 3.8) is 0 Å². The second-order valence-electron chi connectivity index (χ2n) is 3.59. The van der Waals surface area contributed by atoms with E-state index in [1.807, 2.05) is 0 Å². The molecule has 2 aromatic rings. The Labute approximate surface area is 117 Å². The van der Waals surface area contributed by atoms with E-state index in [1.54, 1.807) is 12.1 Å².